The fourth-order valence-electron chi connectivity index (χ4n) is 4.97. The Balaban J connectivity index is 4.51. The fraction of sp³-hybridized carbons (Fsp3) is 0.682. The highest BCUT2D eigenvalue weighted by Crippen LogP contribution is 2.43. The number of carbonyl (C=O) groups excluding carboxylic acids is 2. The van der Waals surface area contributed by atoms with Crippen molar-refractivity contribution in [1.82, 2.24) is 0 Å². The van der Waals surface area contributed by atoms with Crippen LogP contribution in [-0.2, 0) is 32.7 Å². The summed E-state index contributed by atoms with van der Waals surface area (Å²) >= 11 is 0. The van der Waals surface area contributed by atoms with Crippen LogP contribution in [0, 0.1) is 0 Å². The summed E-state index contributed by atoms with van der Waals surface area (Å²) < 4.78 is 34.2. The third-order valence-corrected chi connectivity index (χ3v) is 9.20. The highest BCUT2D eigenvalue weighted by Gasteiger charge is 2.27. The number of likely N-dealkylation sites (N-methyl/N-ethyl adjacent to an activating group) is 1. The number of quaternary nitrogens is 1. The molecule has 0 saturated carbocycles. The number of unbranched alkanes of at least 4 members (excludes halogenated alkanes) is 10. The van der Waals surface area contributed by atoms with E-state index in [0.29, 0.717) is 23.9 Å². The van der Waals surface area contributed by atoms with Crippen LogP contribution in [0.1, 0.15) is 142 Å². The van der Waals surface area contributed by atoms with E-state index in [4.69, 9.17) is 18.5 Å². The van der Waals surface area contributed by atoms with Gasteiger partial charge in [0.05, 0.1) is 27.7 Å². The lowest BCUT2D eigenvalue weighted by Gasteiger charge is -2.24. The van der Waals surface area contributed by atoms with Crippen molar-refractivity contribution in [3.63, 3.8) is 0 Å². The average molecular weight is 779 g/mol. The second kappa shape index (κ2) is 36.1. The number of hydrogen-bond donors (Lipinski definition) is 1. The Morgan fingerprint density at radius 2 is 1.06 bits per heavy atom. The standard InChI is InChI=1S/C44H76NO8P/c1-6-8-10-12-14-16-18-20-22-24-26-28-30-32-34-36-43(46)50-40-42(41-52-54(48,49)51-39-38-45(3,4)5)53-44(47)37-35-33-31-29-27-25-23-21-19-17-15-13-11-9-7-2/h8,10,14-17,20-23,27,29,42H,6-7,9,11-13,18-19,24-26,28,30-41H2,1-5H3/p+1/b10-8-,16-14-,17-15-,22-20-,23-21-,29-27-/t42-/m1/s1. The second-order valence-electron chi connectivity index (χ2n) is 14.6. The number of phosphoric acid groups is 1. The first-order chi connectivity index (χ1) is 26.0. The first-order valence-corrected chi connectivity index (χ1v) is 22.2. The minimum absolute atomic E-state index is 0.0176. The number of rotatable bonds is 36. The number of nitrogens with zero attached hydrogens (tertiary/aromatic N) is 1. The molecule has 0 amide bonds. The third kappa shape index (κ3) is 39.2. The normalized spacial score (nSPS) is 14.4. The summed E-state index contributed by atoms with van der Waals surface area (Å²) in [6, 6.07) is 0. The van der Waals surface area contributed by atoms with Crippen LogP contribution in [0.4, 0.5) is 0 Å². The zero-order valence-corrected chi connectivity index (χ0v) is 35.6. The lowest BCUT2D eigenvalue weighted by molar-refractivity contribution is -0.870. The third-order valence-electron chi connectivity index (χ3n) is 8.22. The van der Waals surface area contributed by atoms with Gasteiger partial charge in [0.2, 0.25) is 0 Å². The van der Waals surface area contributed by atoms with Crippen molar-refractivity contribution < 1.29 is 42.1 Å². The minimum Gasteiger partial charge on any atom is -0.462 e. The van der Waals surface area contributed by atoms with Gasteiger partial charge in [-0.25, -0.2) is 4.57 Å². The Labute approximate surface area is 329 Å². The minimum atomic E-state index is -4.39. The van der Waals surface area contributed by atoms with E-state index in [-0.39, 0.29) is 26.1 Å². The molecule has 0 aromatic rings. The molecule has 0 bridgehead atoms. The van der Waals surface area contributed by atoms with Crippen LogP contribution < -0.4 is 0 Å². The van der Waals surface area contributed by atoms with E-state index in [0.717, 1.165) is 83.5 Å². The second-order valence-corrected chi connectivity index (χ2v) is 16.1. The summed E-state index contributed by atoms with van der Waals surface area (Å²) in [5, 5.41) is 0. The molecule has 2 atom stereocenters. The van der Waals surface area contributed by atoms with Crippen LogP contribution in [0.5, 0.6) is 0 Å². The molecule has 0 aliphatic heterocycles. The predicted octanol–water partition coefficient (Wildman–Crippen LogP) is 11.5. The van der Waals surface area contributed by atoms with Gasteiger partial charge in [-0.05, 0) is 83.5 Å². The SMILES string of the molecule is CC/C=C\C/C=C\C/C=C\CCCCCCCC(=O)OC[C@H](COP(=O)(O)OCC[N+](C)(C)C)OC(=O)CCCC/C=C\C/C=C\C/C=C\CCCCC. The van der Waals surface area contributed by atoms with Crippen molar-refractivity contribution >= 4 is 19.8 Å². The van der Waals surface area contributed by atoms with Crippen LogP contribution in [0.25, 0.3) is 0 Å². The van der Waals surface area contributed by atoms with Crippen LogP contribution in [0.15, 0.2) is 72.9 Å². The van der Waals surface area contributed by atoms with Gasteiger partial charge in [-0.2, -0.15) is 0 Å². The molecule has 1 unspecified atom stereocenters. The largest absolute Gasteiger partial charge is 0.472 e. The van der Waals surface area contributed by atoms with E-state index < -0.39 is 32.5 Å². The number of carbonyl (C=O) groups is 2. The van der Waals surface area contributed by atoms with E-state index in [1.165, 1.54) is 19.3 Å². The smallest absolute Gasteiger partial charge is 0.462 e. The van der Waals surface area contributed by atoms with E-state index in [9.17, 15) is 19.0 Å². The van der Waals surface area contributed by atoms with Crippen LogP contribution in [0.3, 0.4) is 0 Å². The molecule has 0 rings (SSSR count). The van der Waals surface area contributed by atoms with Crippen molar-refractivity contribution in [3.8, 4) is 0 Å². The Bertz CT molecular complexity index is 1150. The number of hydrogen-bond acceptors (Lipinski definition) is 7. The highest BCUT2D eigenvalue weighted by molar-refractivity contribution is 7.47. The van der Waals surface area contributed by atoms with Gasteiger partial charge in [0.25, 0.3) is 0 Å². The molecule has 0 aromatic carbocycles. The summed E-state index contributed by atoms with van der Waals surface area (Å²) in [6.45, 7) is 4.19. The van der Waals surface area contributed by atoms with Gasteiger partial charge in [-0.3, -0.25) is 18.6 Å². The molecular formula is C44H77NO8P+. The Morgan fingerprint density at radius 3 is 1.61 bits per heavy atom. The van der Waals surface area contributed by atoms with Gasteiger partial charge in [0.15, 0.2) is 6.10 Å². The van der Waals surface area contributed by atoms with Gasteiger partial charge in [-0.15, -0.1) is 0 Å². The van der Waals surface area contributed by atoms with Crippen molar-refractivity contribution in [1.29, 1.82) is 0 Å². The summed E-state index contributed by atoms with van der Waals surface area (Å²) in [6.07, 6.45) is 43.8. The topological polar surface area (TPSA) is 108 Å². The van der Waals surface area contributed by atoms with Gasteiger partial charge < -0.3 is 18.9 Å². The fourth-order valence-corrected chi connectivity index (χ4v) is 5.72. The van der Waals surface area contributed by atoms with Crippen molar-refractivity contribution in [2.45, 2.75) is 148 Å². The maximum Gasteiger partial charge on any atom is 0.472 e. The van der Waals surface area contributed by atoms with E-state index >= 15 is 0 Å². The number of phosphoric ester groups is 1. The average Bonchev–Trinajstić information content (AvgIpc) is 3.12. The number of allylic oxidation sites excluding steroid dienone is 12. The Kier molecular flexibility index (Phi) is 34.4. The quantitative estimate of drug-likeness (QED) is 0.0220. The molecule has 0 saturated heterocycles. The maximum atomic E-state index is 12.6. The molecule has 310 valence electrons. The summed E-state index contributed by atoms with van der Waals surface area (Å²) in [5.74, 6) is -0.872. The van der Waals surface area contributed by atoms with Crippen LogP contribution in [0.2, 0.25) is 0 Å². The molecule has 0 aliphatic rings. The number of ether oxygens (including phenoxy) is 2. The van der Waals surface area contributed by atoms with E-state index in [2.05, 4.69) is 86.8 Å². The molecule has 1 N–H and O–H groups in total. The lowest BCUT2D eigenvalue weighted by Crippen LogP contribution is -2.37. The van der Waals surface area contributed by atoms with Crippen molar-refractivity contribution in [2.75, 3.05) is 47.5 Å². The van der Waals surface area contributed by atoms with Gasteiger partial charge >= 0.3 is 19.8 Å². The summed E-state index contributed by atoms with van der Waals surface area (Å²) in [4.78, 5) is 35.3. The summed E-state index contributed by atoms with van der Waals surface area (Å²) in [5.41, 5.74) is 0. The first-order valence-electron chi connectivity index (χ1n) is 20.7. The molecule has 9 nitrogen and oxygen atoms in total. The Morgan fingerprint density at radius 1 is 0.593 bits per heavy atom. The molecule has 0 spiro atoms. The first kappa shape index (κ1) is 51.5. The molecule has 0 fully saturated rings. The monoisotopic (exact) mass is 779 g/mol. The van der Waals surface area contributed by atoms with E-state index in [1.54, 1.807) is 0 Å². The zero-order valence-electron chi connectivity index (χ0n) is 34.7. The van der Waals surface area contributed by atoms with Gasteiger partial charge in [-0.1, -0.05) is 119 Å². The molecule has 10 heteroatoms. The van der Waals surface area contributed by atoms with E-state index in [1.807, 2.05) is 21.1 Å². The van der Waals surface area contributed by atoms with Crippen LogP contribution >= 0.6 is 7.82 Å². The molecule has 0 radical (unpaired) electrons. The summed E-state index contributed by atoms with van der Waals surface area (Å²) in [7, 11) is 1.43. The molecule has 0 aromatic heterocycles. The molecule has 0 heterocycles. The van der Waals surface area contributed by atoms with Crippen LogP contribution in [-0.4, -0.2) is 74.9 Å². The molecule has 54 heavy (non-hydrogen) atoms. The maximum absolute atomic E-state index is 12.6. The predicted molar refractivity (Wildman–Crippen MR) is 224 cm³/mol. The van der Waals surface area contributed by atoms with Gasteiger partial charge in [0.1, 0.15) is 19.8 Å². The van der Waals surface area contributed by atoms with Gasteiger partial charge in [0, 0.05) is 12.8 Å². The number of esters is 2. The molecule has 0 aliphatic carbocycles. The highest BCUT2D eigenvalue weighted by atomic mass is 31.2. The Hall–Kier alpha value is -2.55. The zero-order chi connectivity index (χ0) is 40.0. The van der Waals surface area contributed by atoms with Crippen molar-refractivity contribution in [3.05, 3.63) is 72.9 Å². The lowest BCUT2D eigenvalue weighted by atomic mass is 10.1. The molecular weight excluding hydrogens is 701 g/mol. The van der Waals surface area contributed by atoms with Crippen molar-refractivity contribution in [2.24, 2.45) is 0 Å².